The van der Waals surface area contributed by atoms with Crippen molar-refractivity contribution < 1.29 is 4.79 Å². The number of thiophene rings is 1. The molecule has 0 bridgehead atoms. The van der Waals surface area contributed by atoms with Crippen LogP contribution in [0.15, 0.2) is 99.2 Å². The van der Waals surface area contributed by atoms with Crippen molar-refractivity contribution in [1.82, 2.24) is 14.3 Å². The summed E-state index contributed by atoms with van der Waals surface area (Å²) in [5.41, 5.74) is 5.20. The quantitative estimate of drug-likeness (QED) is 0.343. The molecule has 3 aromatic heterocycles. The van der Waals surface area contributed by atoms with Crippen LogP contribution in [0.2, 0.25) is 0 Å². The number of amides is 1. The maximum atomic E-state index is 14.0. The molecule has 1 atom stereocenters. The summed E-state index contributed by atoms with van der Waals surface area (Å²) in [5.74, 6) is -0.272. The molecule has 0 aliphatic carbocycles. The fourth-order valence-electron chi connectivity index (χ4n) is 4.86. The number of hydrogen-bond donors (Lipinski definition) is 1. The molecule has 194 valence electrons. The molecular formula is C30H25N5O2S2. The number of nitrogens with one attached hydrogen (secondary N) is 1. The Labute approximate surface area is 232 Å². The Hall–Kier alpha value is -4.34. The van der Waals surface area contributed by atoms with Crippen molar-refractivity contribution in [3.05, 3.63) is 131 Å². The lowest BCUT2D eigenvalue weighted by Gasteiger charge is -2.24. The Morgan fingerprint density at radius 3 is 2.38 bits per heavy atom. The second kappa shape index (κ2) is 10.1. The number of carbonyl (C=O) groups is 1. The van der Waals surface area contributed by atoms with Crippen LogP contribution >= 0.6 is 22.7 Å². The van der Waals surface area contributed by atoms with Crippen molar-refractivity contribution in [3.8, 4) is 5.69 Å². The van der Waals surface area contributed by atoms with Crippen molar-refractivity contribution in [3.63, 3.8) is 0 Å². The van der Waals surface area contributed by atoms with Crippen molar-refractivity contribution in [2.45, 2.75) is 26.8 Å². The Morgan fingerprint density at radius 1 is 0.974 bits per heavy atom. The molecule has 0 saturated heterocycles. The van der Waals surface area contributed by atoms with E-state index in [9.17, 15) is 9.59 Å². The van der Waals surface area contributed by atoms with Gasteiger partial charge in [-0.25, -0.2) is 9.67 Å². The van der Waals surface area contributed by atoms with E-state index < -0.39 is 6.04 Å². The first-order valence-corrected chi connectivity index (χ1v) is 14.2. The maximum absolute atomic E-state index is 14.0. The van der Waals surface area contributed by atoms with Crippen molar-refractivity contribution in [2.75, 3.05) is 5.32 Å². The number of thiazole rings is 1. The minimum absolute atomic E-state index is 0.180. The number of hydrogen-bond acceptors (Lipinski definition) is 6. The number of aryl methyl sites for hydroxylation is 1. The summed E-state index contributed by atoms with van der Waals surface area (Å²) in [7, 11) is 0. The van der Waals surface area contributed by atoms with Gasteiger partial charge in [0.2, 0.25) is 0 Å². The van der Waals surface area contributed by atoms with Crippen LogP contribution in [0.4, 0.5) is 5.69 Å². The molecule has 7 nitrogen and oxygen atoms in total. The highest BCUT2D eigenvalue weighted by molar-refractivity contribution is 7.10. The number of allylic oxidation sites excluding steroid dienone is 1. The molecular weight excluding hydrogens is 526 g/mol. The second-order valence-electron chi connectivity index (χ2n) is 9.25. The largest absolute Gasteiger partial charge is 0.322 e. The van der Waals surface area contributed by atoms with Gasteiger partial charge in [-0.2, -0.15) is 5.10 Å². The van der Waals surface area contributed by atoms with Crippen LogP contribution in [0.5, 0.6) is 0 Å². The summed E-state index contributed by atoms with van der Waals surface area (Å²) < 4.78 is 4.09. The van der Waals surface area contributed by atoms with Crippen LogP contribution in [-0.2, 0) is 4.79 Å². The van der Waals surface area contributed by atoms with E-state index in [1.54, 1.807) is 4.57 Å². The number of aromatic nitrogens is 3. The first-order valence-electron chi connectivity index (χ1n) is 12.5. The van der Waals surface area contributed by atoms with E-state index in [2.05, 4.69) is 5.32 Å². The summed E-state index contributed by atoms with van der Waals surface area (Å²) in [6, 6.07) is 22.6. The molecule has 0 radical (unpaired) electrons. The fourth-order valence-corrected chi connectivity index (χ4v) is 6.72. The van der Waals surface area contributed by atoms with Gasteiger partial charge in [0.15, 0.2) is 4.80 Å². The molecule has 1 aliphatic heterocycles. The highest BCUT2D eigenvalue weighted by atomic mass is 32.1. The predicted molar refractivity (Wildman–Crippen MR) is 156 cm³/mol. The molecule has 0 unspecified atom stereocenters. The van der Waals surface area contributed by atoms with Crippen molar-refractivity contribution in [1.29, 1.82) is 0 Å². The minimum Gasteiger partial charge on any atom is -0.322 e. The van der Waals surface area contributed by atoms with Crippen LogP contribution in [0.3, 0.4) is 0 Å². The summed E-state index contributed by atoms with van der Waals surface area (Å²) in [5, 5.41) is 9.67. The Balaban J connectivity index is 1.48. The zero-order valence-corrected chi connectivity index (χ0v) is 23.2. The van der Waals surface area contributed by atoms with Gasteiger partial charge < -0.3 is 5.32 Å². The lowest BCUT2D eigenvalue weighted by atomic mass is 10.0. The lowest BCUT2D eigenvalue weighted by Crippen LogP contribution is -2.40. The topological polar surface area (TPSA) is 81.3 Å². The summed E-state index contributed by atoms with van der Waals surface area (Å²) in [6.45, 7) is 5.77. The summed E-state index contributed by atoms with van der Waals surface area (Å²) in [4.78, 5) is 33.7. The molecule has 0 spiro atoms. The van der Waals surface area contributed by atoms with Gasteiger partial charge in [-0.05, 0) is 62.6 Å². The van der Waals surface area contributed by atoms with Crippen LogP contribution < -0.4 is 20.2 Å². The van der Waals surface area contributed by atoms with E-state index in [4.69, 9.17) is 10.1 Å². The van der Waals surface area contributed by atoms with Gasteiger partial charge in [-0.3, -0.25) is 14.2 Å². The van der Waals surface area contributed by atoms with Gasteiger partial charge in [0.25, 0.3) is 11.5 Å². The van der Waals surface area contributed by atoms with Gasteiger partial charge >= 0.3 is 0 Å². The third-order valence-corrected chi connectivity index (χ3v) is 8.64. The molecule has 5 aromatic rings. The van der Waals surface area contributed by atoms with E-state index in [1.165, 1.54) is 22.7 Å². The van der Waals surface area contributed by atoms with Crippen molar-refractivity contribution >= 4 is 40.3 Å². The zero-order chi connectivity index (χ0) is 27.1. The van der Waals surface area contributed by atoms with Gasteiger partial charge in [0.1, 0.15) is 6.04 Å². The number of rotatable bonds is 5. The van der Waals surface area contributed by atoms with E-state index in [0.29, 0.717) is 26.3 Å². The van der Waals surface area contributed by atoms with E-state index in [0.717, 1.165) is 27.5 Å². The van der Waals surface area contributed by atoms with E-state index in [-0.39, 0.29) is 11.5 Å². The molecule has 0 saturated carbocycles. The van der Waals surface area contributed by atoms with Crippen LogP contribution in [0.25, 0.3) is 11.8 Å². The molecule has 4 heterocycles. The Morgan fingerprint density at radius 2 is 1.69 bits per heavy atom. The molecule has 9 heteroatoms. The lowest BCUT2D eigenvalue weighted by molar-refractivity contribution is -0.113. The number of carbonyl (C=O) groups excluding carboxylic acids is 1. The SMILES string of the molecule is CC1=C(C(=O)Nc2ccccc2)[C@H](c2cccs2)n2c(s/c(=C/c3c(C)nn(-c4ccccc4)c3C)c2=O)=N1. The normalized spacial score (nSPS) is 15.3. The molecule has 1 amide bonds. The monoisotopic (exact) mass is 551 g/mol. The molecule has 39 heavy (non-hydrogen) atoms. The smallest absolute Gasteiger partial charge is 0.271 e. The Kier molecular flexibility index (Phi) is 6.46. The molecule has 1 N–H and O–H groups in total. The molecule has 6 rings (SSSR count). The second-order valence-corrected chi connectivity index (χ2v) is 11.2. The average Bonchev–Trinajstić information content (AvgIpc) is 3.65. The third kappa shape index (κ3) is 4.49. The van der Waals surface area contributed by atoms with Gasteiger partial charge in [0, 0.05) is 21.8 Å². The Bertz CT molecular complexity index is 1900. The standard InChI is InChI=1S/C30H25N5O2S2/c1-18-23(20(3)35(33-18)22-13-8-5-9-14-22)17-25-29(37)34-27(24-15-10-16-38-24)26(19(2)31-30(34)39-25)28(36)32-21-11-6-4-7-12-21/h4-17,27H,1-3H3,(H,32,36)/b25-17+/t27-/m0/s1. The molecule has 2 aromatic carbocycles. The third-order valence-electron chi connectivity index (χ3n) is 6.73. The fraction of sp³-hybridized carbons (Fsp3) is 0.133. The first-order chi connectivity index (χ1) is 18.9. The number of benzene rings is 2. The summed E-state index contributed by atoms with van der Waals surface area (Å²) in [6.07, 6.45) is 1.90. The predicted octanol–water partition coefficient (Wildman–Crippen LogP) is 4.74. The van der Waals surface area contributed by atoms with E-state index in [1.807, 2.05) is 110 Å². The minimum atomic E-state index is -0.568. The highest BCUT2D eigenvalue weighted by Gasteiger charge is 2.33. The molecule has 0 fully saturated rings. The van der Waals surface area contributed by atoms with Crippen LogP contribution in [-0.4, -0.2) is 20.3 Å². The number of para-hydroxylation sites is 2. The van der Waals surface area contributed by atoms with Gasteiger partial charge in [-0.15, -0.1) is 11.3 Å². The van der Waals surface area contributed by atoms with Gasteiger partial charge in [-0.1, -0.05) is 53.8 Å². The molecule has 1 aliphatic rings. The zero-order valence-electron chi connectivity index (χ0n) is 21.6. The number of anilines is 1. The number of fused-ring (bicyclic) bond motifs is 1. The first kappa shape index (κ1) is 25.0. The van der Waals surface area contributed by atoms with Crippen LogP contribution in [0, 0.1) is 13.8 Å². The number of nitrogens with zero attached hydrogens (tertiary/aromatic N) is 4. The maximum Gasteiger partial charge on any atom is 0.271 e. The van der Waals surface area contributed by atoms with Gasteiger partial charge in [0.05, 0.1) is 27.2 Å². The highest BCUT2D eigenvalue weighted by Crippen LogP contribution is 2.33. The average molecular weight is 552 g/mol. The van der Waals surface area contributed by atoms with Crippen molar-refractivity contribution in [2.24, 2.45) is 4.99 Å². The summed E-state index contributed by atoms with van der Waals surface area (Å²) >= 11 is 2.85. The van der Waals surface area contributed by atoms with Crippen LogP contribution in [0.1, 0.15) is 34.8 Å². The van der Waals surface area contributed by atoms with E-state index >= 15 is 0 Å².